The van der Waals surface area contributed by atoms with Crippen LogP contribution in [0.4, 0.5) is 0 Å². The molecule has 2 bridgehead atoms. The Kier molecular flexibility index (Phi) is 5.53. The second kappa shape index (κ2) is 8.44. The van der Waals surface area contributed by atoms with Gasteiger partial charge in [0.25, 0.3) is 0 Å². The Morgan fingerprint density at radius 3 is 2.80 bits per heavy atom. The predicted molar refractivity (Wildman–Crippen MR) is 125 cm³/mol. The van der Waals surface area contributed by atoms with Gasteiger partial charge in [-0.3, -0.25) is 9.88 Å². The lowest BCUT2D eigenvalue weighted by Crippen LogP contribution is -2.54. The van der Waals surface area contributed by atoms with E-state index in [1.165, 1.54) is 35.2 Å². The number of pyridine rings is 1. The lowest BCUT2D eigenvalue weighted by molar-refractivity contribution is 0.0183. The van der Waals surface area contributed by atoms with E-state index < -0.39 is 0 Å². The van der Waals surface area contributed by atoms with E-state index in [4.69, 9.17) is 4.74 Å². The summed E-state index contributed by atoms with van der Waals surface area (Å²) in [7, 11) is 1.73. The third-order valence-corrected chi connectivity index (χ3v) is 8.16. The van der Waals surface area contributed by atoms with Crippen molar-refractivity contribution in [2.24, 2.45) is 11.8 Å². The first-order valence-electron chi connectivity index (χ1n) is 10.8. The third-order valence-electron chi connectivity index (χ3n) is 6.80. The zero-order chi connectivity index (χ0) is 20.5. The number of hydrogen-bond donors (Lipinski definition) is 0. The van der Waals surface area contributed by atoms with Crippen molar-refractivity contribution in [1.29, 1.82) is 0 Å². The molecule has 2 aromatic carbocycles. The fraction of sp³-hybridized carbons (Fsp3) is 0.346. The van der Waals surface area contributed by atoms with Gasteiger partial charge in [-0.1, -0.05) is 24.3 Å². The minimum absolute atomic E-state index is 0.346. The Labute approximate surface area is 183 Å². The van der Waals surface area contributed by atoms with Crippen molar-refractivity contribution < 1.29 is 4.74 Å². The number of nitrogens with zero attached hydrogens (tertiary/aromatic N) is 2. The van der Waals surface area contributed by atoms with Crippen LogP contribution in [0.15, 0.2) is 78.3 Å². The normalized spacial score (nSPS) is 26.4. The molecule has 0 spiro atoms. The Morgan fingerprint density at radius 2 is 2.07 bits per heavy atom. The molecule has 6 rings (SSSR count). The average Bonchev–Trinajstić information content (AvgIpc) is 2.82. The molecule has 1 unspecified atom stereocenters. The second-order valence-electron chi connectivity index (χ2n) is 8.38. The summed E-state index contributed by atoms with van der Waals surface area (Å²) in [5.41, 5.74) is 2.40. The number of rotatable bonds is 6. The highest BCUT2D eigenvalue weighted by molar-refractivity contribution is 7.99. The van der Waals surface area contributed by atoms with Crippen LogP contribution in [0.3, 0.4) is 0 Å². The summed E-state index contributed by atoms with van der Waals surface area (Å²) in [6.07, 6.45) is 6.67. The Morgan fingerprint density at radius 1 is 1.20 bits per heavy atom. The first-order valence-corrected chi connectivity index (χ1v) is 11.7. The van der Waals surface area contributed by atoms with Crippen LogP contribution in [0.1, 0.15) is 23.7 Å². The first kappa shape index (κ1) is 19.7. The SMILES string of the molecule is C=C[C@H]1CN2CC[C@H]1C[C@@H]2[C@@H](Sc1ccccc1)c1ccnc2ccc(OC)cc12. The molecule has 0 N–H and O–H groups in total. The first-order chi connectivity index (χ1) is 14.8. The highest BCUT2D eigenvalue weighted by Gasteiger charge is 2.43. The van der Waals surface area contributed by atoms with Gasteiger partial charge in [-0.05, 0) is 73.2 Å². The molecule has 3 aliphatic rings. The van der Waals surface area contributed by atoms with Gasteiger partial charge in [0.1, 0.15) is 5.75 Å². The topological polar surface area (TPSA) is 25.4 Å². The molecule has 3 fully saturated rings. The summed E-state index contributed by atoms with van der Waals surface area (Å²) >= 11 is 1.99. The van der Waals surface area contributed by atoms with E-state index in [0.29, 0.717) is 17.2 Å². The molecule has 0 amide bonds. The number of aromatic nitrogens is 1. The zero-order valence-corrected chi connectivity index (χ0v) is 18.2. The summed E-state index contributed by atoms with van der Waals surface area (Å²) in [6.45, 7) is 6.43. The van der Waals surface area contributed by atoms with Crippen molar-refractivity contribution >= 4 is 22.7 Å². The van der Waals surface area contributed by atoms with Crippen LogP contribution in [0.25, 0.3) is 10.9 Å². The second-order valence-corrected chi connectivity index (χ2v) is 9.60. The van der Waals surface area contributed by atoms with Crippen LogP contribution in [0, 0.1) is 11.8 Å². The van der Waals surface area contributed by atoms with Crippen molar-refractivity contribution in [2.75, 3.05) is 20.2 Å². The highest BCUT2D eigenvalue weighted by Crippen LogP contribution is 2.49. The van der Waals surface area contributed by atoms with Crippen LogP contribution in [0.2, 0.25) is 0 Å². The van der Waals surface area contributed by atoms with Crippen molar-refractivity contribution in [1.82, 2.24) is 9.88 Å². The molecule has 3 aliphatic heterocycles. The molecular weight excluding hydrogens is 388 g/mol. The van der Waals surface area contributed by atoms with Gasteiger partial charge in [-0.25, -0.2) is 0 Å². The molecule has 4 heterocycles. The monoisotopic (exact) mass is 416 g/mol. The maximum absolute atomic E-state index is 5.54. The maximum atomic E-state index is 5.54. The number of thioether (sulfide) groups is 1. The fourth-order valence-electron chi connectivity index (χ4n) is 5.21. The summed E-state index contributed by atoms with van der Waals surface area (Å²) in [6, 6.07) is 19.8. The van der Waals surface area contributed by atoms with Crippen molar-refractivity contribution in [3.05, 3.63) is 79.0 Å². The van der Waals surface area contributed by atoms with Crippen LogP contribution in [-0.2, 0) is 0 Å². The van der Waals surface area contributed by atoms with Gasteiger partial charge in [0.05, 0.1) is 17.9 Å². The van der Waals surface area contributed by atoms with E-state index in [2.05, 4.69) is 71.1 Å². The van der Waals surface area contributed by atoms with Gasteiger partial charge in [-0.2, -0.15) is 0 Å². The van der Waals surface area contributed by atoms with E-state index in [0.717, 1.165) is 23.7 Å². The van der Waals surface area contributed by atoms with E-state index in [1.807, 2.05) is 24.0 Å². The third kappa shape index (κ3) is 3.63. The molecule has 3 nitrogen and oxygen atoms in total. The van der Waals surface area contributed by atoms with Crippen LogP contribution >= 0.6 is 11.8 Å². The predicted octanol–water partition coefficient (Wildman–Crippen LogP) is 5.97. The maximum Gasteiger partial charge on any atom is 0.119 e. The number of ether oxygens (including phenoxy) is 1. The smallest absolute Gasteiger partial charge is 0.119 e. The van der Waals surface area contributed by atoms with Crippen molar-refractivity contribution in [3.8, 4) is 5.75 Å². The summed E-state index contributed by atoms with van der Waals surface area (Å²) < 4.78 is 5.54. The minimum Gasteiger partial charge on any atom is -0.497 e. The average molecular weight is 417 g/mol. The largest absolute Gasteiger partial charge is 0.497 e. The molecule has 5 atom stereocenters. The Balaban J connectivity index is 1.59. The highest BCUT2D eigenvalue weighted by atomic mass is 32.2. The molecular formula is C26H28N2OS. The Hall–Kier alpha value is -2.30. The fourth-order valence-corrected chi connectivity index (χ4v) is 6.59. The molecule has 4 heteroatoms. The van der Waals surface area contributed by atoms with Crippen molar-refractivity contribution in [2.45, 2.75) is 29.0 Å². The quantitative estimate of drug-likeness (QED) is 0.365. The van der Waals surface area contributed by atoms with Gasteiger partial charge >= 0.3 is 0 Å². The van der Waals surface area contributed by atoms with Gasteiger partial charge in [0.15, 0.2) is 0 Å². The molecule has 30 heavy (non-hydrogen) atoms. The standard InChI is InChI=1S/C26H28N2OS/c1-3-18-17-28-14-12-19(18)15-25(28)26(30-21-7-5-4-6-8-21)22-11-13-27-24-10-9-20(29-2)16-23(22)24/h3-11,13,16,18-19,25-26H,1,12,14-15,17H2,2H3/t18-,19-,25+,26-/m0/s1. The van der Waals surface area contributed by atoms with Crippen LogP contribution < -0.4 is 4.74 Å². The summed E-state index contributed by atoms with van der Waals surface area (Å²) in [4.78, 5) is 8.66. The van der Waals surface area contributed by atoms with E-state index in [-0.39, 0.29) is 0 Å². The number of benzene rings is 2. The van der Waals surface area contributed by atoms with E-state index in [9.17, 15) is 0 Å². The molecule has 1 aromatic heterocycles. The molecule has 0 saturated carbocycles. The van der Waals surface area contributed by atoms with Crippen LogP contribution in [0.5, 0.6) is 5.75 Å². The summed E-state index contributed by atoms with van der Waals surface area (Å²) in [5.74, 6) is 2.27. The minimum atomic E-state index is 0.346. The molecule has 3 saturated heterocycles. The van der Waals surface area contributed by atoms with E-state index in [1.54, 1.807) is 7.11 Å². The lowest BCUT2D eigenvalue weighted by Gasteiger charge is -2.51. The van der Waals surface area contributed by atoms with Gasteiger partial charge in [-0.15, -0.1) is 18.3 Å². The van der Waals surface area contributed by atoms with Crippen LogP contribution in [-0.4, -0.2) is 36.1 Å². The number of fused-ring (bicyclic) bond motifs is 4. The van der Waals surface area contributed by atoms with Gasteiger partial charge < -0.3 is 4.74 Å². The van der Waals surface area contributed by atoms with Gasteiger partial charge in [0, 0.05) is 29.1 Å². The lowest BCUT2D eigenvalue weighted by atomic mass is 9.74. The number of piperidine rings is 3. The number of hydrogen-bond acceptors (Lipinski definition) is 4. The van der Waals surface area contributed by atoms with Gasteiger partial charge in [0.2, 0.25) is 0 Å². The Bertz CT molecular complexity index is 1040. The zero-order valence-electron chi connectivity index (χ0n) is 17.4. The summed E-state index contributed by atoms with van der Waals surface area (Å²) in [5, 5.41) is 1.55. The molecule has 0 radical (unpaired) electrons. The molecule has 0 aliphatic carbocycles. The molecule has 154 valence electrons. The molecule has 3 aromatic rings. The van der Waals surface area contributed by atoms with Crippen molar-refractivity contribution in [3.63, 3.8) is 0 Å². The van der Waals surface area contributed by atoms with E-state index >= 15 is 0 Å². The number of methoxy groups -OCH3 is 1.